The number of carbonyl (C=O) groups is 3. The van der Waals surface area contributed by atoms with Gasteiger partial charge >= 0.3 is 5.97 Å². The summed E-state index contributed by atoms with van der Waals surface area (Å²) in [4.78, 5) is 36.6. The number of amides is 1. The molecule has 3 aromatic rings. The average molecular weight is 438 g/mol. The molecular formula is C22H16BrNO4. The van der Waals surface area contributed by atoms with Crippen LogP contribution >= 0.6 is 15.9 Å². The smallest absolute Gasteiger partial charge is 0.338 e. The van der Waals surface area contributed by atoms with E-state index in [0.717, 1.165) is 4.47 Å². The second kappa shape index (κ2) is 9.10. The molecule has 0 aromatic heterocycles. The molecule has 0 fully saturated rings. The summed E-state index contributed by atoms with van der Waals surface area (Å²) < 4.78 is 5.96. The minimum absolute atomic E-state index is 0.245. The molecule has 1 amide bonds. The third-order valence-corrected chi connectivity index (χ3v) is 4.42. The summed E-state index contributed by atoms with van der Waals surface area (Å²) in [6, 6.07) is 21.9. The first kappa shape index (κ1) is 19.5. The van der Waals surface area contributed by atoms with Crippen LogP contribution in [0.5, 0.6) is 0 Å². The lowest BCUT2D eigenvalue weighted by Gasteiger charge is -2.08. The molecule has 0 spiro atoms. The zero-order chi connectivity index (χ0) is 19.9. The van der Waals surface area contributed by atoms with Crippen LogP contribution in [0.2, 0.25) is 0 Å². The third-order valence-electron chi connectivity index (χ3n) is 3.89. The van der Waals surface area contributed by atoms with Gasteiger partial charge in [-0.05, 0) is 42.5 Å². The van der Waals surface area contributed by atoms with Crippen LogP contribution in [0.15, 0.2) is 83.3 Å². The lowest BCUT2D eigenvalue weighted by atomic mass is 10.1. The Morgan fingerprint density at radius 3 is 2.18 bits per heavy atom. The van der Waals surface area contributed by atoms with Crippen LogP contribution in [0.4, 0.5) is 5.69 Å². The Morgan fingerprint density at radius 1 is 0.786 bits per heavy atom. The number of carbonyl (C=O) groups excluding carboxylic acids is 3. The normalized spacial score (nSPS) is 10.2. The molecule has 0 saturated carbocycles. The molecule has 5 nitrogen and oxygen atoms in total. The van der Waals surface area contributed by atoms with E-state index < -0.39 is 5.97 Å². The van der Waals surface area contributed by atoms with Crippen LogP contribution in [-0.2, 0) is 4.74 Å². The van der Waals surface area contributed by atoms with E-state index in [0.29, 0.717) is 16.8 Å². The van der Waals surface area contributed by atoms with Gasteiger partial charge in [0.15, 0.2) is 12.4 Å². The molecule has 0 aliphatic heterocycles. The van der Waals surface area contributed by atoms with E-state index in [-0.39, 0.29) is 23.9 Å². The predicted octanol–water partition coefficient (Wildman–Crippen LogP) is 4.74. The van der Waals surface area contributed by atoms with E-state index in [2.05, 4.69) is 21.2 Å². The van der Waals surface area contributed by atoms with Gasteiger partial charge in [-0.25, -0.2) is 4.79 Å². The largest absolute Gasteiger partial charge is 0.454 e. The second-order valence-corrected chi connectivity index (χ2v) is 6.82. The van der Waals surface area contributed by atoms with Crippen molar-refractivity contribution in [3.8, 4) is 0 Å². The molecule has 0 unspecified atom stereocenters. The molecule has 3 aromatic carbocycles. The first-order valence-corrected chi connectivity index (χ1v) is 9.24. The number of ketones is 1. The Kier molecular flexibility index (Phi) is 6.34. The first-order chi connectivity index (χ1) is 13.5. The molecule has 0 saturated heterocycles. The van der Waals surface area contributed by atoms with E-state index in [1.807, 2.05) is 6.07 Å². The molecule has 0 atom stereocenters. The van der Waals surface area contributed by atoms with Gasteiger partial charge in [-0.1, -0.05) is 52.3 Å². The molecule has 6 heteroatoms. The molecule has 0 radical (unpaired) electrons. The average Bonchev–Trinajstić information content (AvgIpc) is 2.73. The van der Waals surface area contributed by atoms with Gasteiger partial charge in [0, 0.05) is 21.3 Å². The van der Waals surface area contributed by atoms with Crippen molar-refractivity contribution in [2.45, 2.75) is 0 Å². The lowest BCUT2D eigenvalue weighted by Crippen LogP contribution is -2.15. The van der Waals surface area contributed by atoms with Gasteiger partial charge in [0.2, 0.25) is 0 Å². The summed E-state index contributed by atoms with van der Waals surface area (Å²) in [5, 5.41) is 2.73. The van der Waals surface area contributed by atoms with Crippen LogP contribution < -0.4 is 5.32 Å². The Bertz CT molecular complexity index is 1000. The van der Waals surface area contributed by atoms with E-state index >= 15 is 0 Å². The van der Waals surface area contributed by atoms with Gasteiger partial charge in [-0.3, -0.25) is 9.59 Å². The SMILES string of the molecule is O=C(COC(=O)c1cccc(NC(=O)c2ccccc2)c1)c1ccc(Br)cc1. The van der Waals surface area contributed by atoms with Gasteiger partial charge in [0.05, 0.1) is 5.56 Å². The number of halogens is 1. The van der Waals surface area contributed by atoms with Gasteiger partial charge in [-0.2, -0.15) is 0 Å². The first-order valence-electron chi connectivity index (χ1n) is 8.45. The van der Waals surface area contributed by atoms with E-state index in [9.17, 15) is 14.4 Å². The highest BCUT2D eigenvalue weighted by Crippen LogP contribution is 2.14. The van der Waals surface area contributed by atoms with Gasteiger partial charge in [0.1, 0.15) is 0 Å². The molecule has 3 rings (SSSR count). The monoisotopic (exact) mass is 437 g/mol. The summed E-state index contributed by atoms with van der Waals surface area (Å²) in [6.07, 6.45) is 0. The Balaban J connectivity index is 1.61. The zero-order valence-electron chi connectivity index (χ0n) is 14.7. The van der Waals surface area contributed by atoms with Crippen molar-refractivity contribution in [1.82, 2.24) is 0 Å². The Hall–Kier alpha value is -3.25. The van der Waals surface area contributed by atoms with Crippen molar-refractivity contribution in [2.24, 2.45) is 0 Å². The van der Waals surface area contributed by atoms with Gasteiger partial charge in [0.25, 0.3) is 5.91 Å². The molecule has 0 aliphatic rings. The third kappa shape index (κ3) is 5.14. The maximum Gasteiger partial charge on any atom is 0.338 e. The van der Waals surface area contributed by atoms with Crippen molar-refractivity contribution in [3.63, 3.8) is 0 Å². The van der Waals surface area contributed by atoms with Crippen molar-refractivity contribution in [1.29, 1.82) is 0 Å². The van der Waals surface area contributed by atoms with Gasteiger partial charge in [-0.15, -0.1) is 0 Å². The highest BCUT2D eigenvalue weighted by molar-refractivity contribution is 9.10. The molecule has 0 bridgehead atoms. The standard InChI is InChI=1S/C22H16BrNO4/c23-18-11-9-15(10-12-18)20(25)14-28-22(27)17-7-4-8-19(13-17)24-21(26)16-5-2-1-3-6-16/h1-13H,14H2,(H,24,26). The predicted molar refractivity (Wildman–Crippen MR) is 110 cm³/mol. The maximum absolute atomic E-state index is 12.2. The van der Waals surface area contributed by atoms with Crippen molar-refractivity contribution < 1.29 is 19.1 Å². The van der Waals surface area contributed by atoms with E-state index in [1.165, 1.54) is 6.07 Å². The fourth-order valence-electron chi connectivity index (χ4n) is 2.45. The molecule has 0 aliphatic carbocycles. The fourth-order valence-corrected chi connectivity index (χ4v) is 2.71. The second-order valence-electron chi connectivity index (χ2n) is 5.91. The van der Waals surface area contributed by atoms with Gasteiger partial charge < -0.3 is 10.1 Å². The van der Waals surface area contributed by atoms with Crippen LogP contribution in [-0.4, -0.2) is 24.3 Å². The number of ether oxygens (including phenoxy) is 1. The number of nitrogens with one attached hydrogen (secondary N) is 1. The minimum atomic E-state index is -0.638. The fraction of sp³-hybridized carbons (Fsp3) is 0.0455. The number of Topliss-reactive ketones (excluding diaryl/α,β-unsaturated/α-hetero) is 1. The summed E-state index contributed by atoms with van der Waals surface area (Å²) in [5.74, 6) is -1.22. The van der Waals surface area contributed by atoms with Crippen molar-refractivity contribution in [2.75, 3.05) is 11.9 Å². The lowest BCUT2D eigenvalue weighted by molar-refractivity contribution is 0.0474. The number of hydrogen-bond acceptors (Lipinski definition) is 4. The van der Waals surface area contributed by atoms with Crippen LogP contribution in [0.1, 0.15) is 31.1 Å². The molecule has 0 heterocycles. The number of anilines is 1. The molecule has 140 valence electrons. The minimum Gasteiger partial charge on any atom is -0.454 e. The number of rotatable bonds is 6. The van der Waals surface area contributed by atoms with Crippen LogP contribution in [0.3, 0.4) is 0 Å². The molecular weight excluding hydrogens is 422 g/mol. The topological polar surface area (TPSA) is 72.5 Å². The number of hydrogen-bond donors (Lipinski definition) is 1. The molecule has 28 heavy (non-hydrogen) atoms. The van der Waals surface area contributed by atoms with E-state index in [4.69, 9.17) is 4.74 Å². The Labute approximate surface area is 170 Å². The summed E-state index contributed by atoms with van der Waals surface area (Å²) in [6.45, 7) is -0.360. The van der Waals surface area contributed by atoms with E-state index in [1.54, 1.807) is 66.7 Å². The Morgan fingerprint density at radius 2 is 1.46 bits per heavy atom. The number of esters is 1. The molecule has 1 N–H and O–H groups in total. The van der Waals surface area contributed by atoms with Crippen LogP contribution in [0, 0.1) is 0 Å². The van der Waals surface area contributed by atoms with Crippen LogP contribution in [0.25, 0.3) is 0 Å². The maximum atomic E-state index is 12.2. The number of benzene rings is 3. The van der Waals surface area contributed by atoms with Crippen molar-refractivity contribution >= 4 is 39.3 Å². The highest BCUT2D eigenvalue weighted by atomic mass is 79.9. The zero-order valence-corrected chi connectivity index (χ0v) is 16.3. The summed E-state index contributed by atoms with van der Waals surface area (Å²) in [5.41, 5.74) is 1.67. The highest BCUT2D eigenvalue weighted by Gasteiger charge is 2.13. The summed E-state index contributed by atoms with van der Waals surface area (Å²) >= 11 is 3.30. The summed E-state index contributed by atoms with van der Waals surface area (Å²) in [7, 11) is 0. The quantitative estimate of drug-likeness (QED) is 0.446. The van der Waals surface area contributed by atoms with Crippen molar-refractivity contribution in [3.05, 3.63) is 100 Å².